The summed E-state index contributed by atoms with van der Waals surface area (Å²) in [5, 5.41) is 12.4. The highest BCUT2D eigenvalue weighted by atomic mass is 16.5. The number of hydrogen-bond donors (Lipinski definition) is 2. The quantitative estimate of drug-likeness (QED) is 0.724. The monoisotopic (exact) mass is 370 g/mol. The number of nitrogens with one attached hydrogen (secondary N) is 1. The molecule has 2 N–H and O–H groups in total. The third-order valence-electron chi connectivity index (χ3n) is 4.77. The number of carbonyl (C=O) groups is 1. The molecule has 7 nitrogen and oxygen atoms in total. The van der Waals surface area contributed by atoms with Crippen molar-refractivity contribution in [2.45, 2.75) is 26.3 Å². The number of pyridine rings is 2. The molecule has 0 saturated carbocycles. The van der Waals surface area contributed by atoms with E-state index >= 15 is 0 Å². The highest BCUT2D eigenvalue weighted by Gasteiger charge is 2.19. The van der Waals surface area contributed by atoms with E-state index in [0.717, 1.165) is 37.3 Å². The normalized spacial score (nSPS) is 14.8. The fourth-order valence-electron chi connectivity index (χ4n) is 3.16. The van der Waals surface area contributed by atoms with Crippen LogP contribution in [0.3, 0.4) is 0 Å². The minimum Gasteiger partial charge on any atom is -0.462 e. The van der Waals surface area contributed by atoms with Gasteiger partial charge in [-0.3, -0.25) is 0 Å². The van der Waals surface area contributed by atoms with E-state index in [0.29, 0.717) is 30.5 Å². The van der Waals surface area contributed by atoms with E-state index in [1.54, 1.807) is 25.3 Å². The van der Waals surface area contributed by atoms with Crippen molar-refractivity contribution in [3.63, 3.8) is 0 Å². The number of aliphatic hydroxyl groups excluding tert-OH is 1. The van der Waals surface area contributed by atoms with Crippen molar-refractivity contribution in [1.82, 2.24) is 9.97 Å². The second-order valence-electron chi connectivity index (χ2n) is 6.61. The maximum atomic E-state index is 12.0. The van der Waals surface area contributed by atoms with Gasteiger partial charge >= 0.3 is 5.97 Å². The SMILES string of the molecule is CCOC(=O)c1cccnc1NCc1ccc(N2CCC(CO)CC2)nc1. The summed E-state index contributed by atoms with van der Waals surface area (Å²) >= 11 is 0. The molecule has 27 heavy (non-hydrogen) atoms. The molecule has 0 unspecified atom stereocenters. The van der Waals surface area contributed by atoms with E-state index in [-0.39, 0.29) is 12.6 Å². The molecule has 0 aromatic carbocycles. The Morgan fingerprint density at radius 2 is 2.11 bits per heavy atom. The fraction of sp³-hybridized carbons (Fsp3) is 0.450. The Bertz CT molecular complexity index is 743. The Labute approximate surface area is 159 Å². The molecule has 2 aromatic heterocycles. The van der Waals surface area contributed by atoms with Gasteiger partial charge in [0.15, 0.2) is 0 Å². The van der Waals surface area contributed by atoms with E-state index in [1.807, 2.05) is 18.3 Å². The molecule has 0 bridgehead atoms. The van der Waals surface area contributed by atoms with Crippen molar-refractivity contribution in [3.8, 4) is 0 Å². The molecule has 144 valence electrons. The Hall–Kier alpha value is -2.67. The molecule has 0 atom stereocenters. The highest BCUT2D eigenvalue weighted by molar-refractivity contribution is 5.94. The van der Waals surface area contributed by atoms with Crippen LogP contribution in [0.15, 0.2) is 36.7 Å². The molecule has 1 fully saturated rings. The molecule has 0 radical (unpaired) electrons. The highest BCUT2D eigenvalue weighted by Crippen LogP contribution is 2.22. The molecule has 0 amide bonds. The summed E-state index contributed by atoms with van der Waals surface area (Å²) in [6, 6.07) is 7.46. The zero-order valence-corrected chi connectivity index (χ0v) is 15.6. The molecule has 0 aliphatic carbocycles. The number of piperidine rings is 1. The first-order valence-corrected chi connectivity index (χ1v) is 9.38. The third-order valence-corrected chi connectivity index (χ3v) is 4.77. The lowest BCUT2D eigenvalue weighted by Gasteiger charge is -2.32. The van der Waals surface area contributed by atoms with Crippen LogP contribution in [0.5, 0.6) is 0 Å². The van der Waals surface area contributed by atoms with Gasteiger partial charge < -0.3 is 20.1 Å². The van der Waals surface area contributed by atoms with Crippen LogP contribution in [0.25, 0.3) is 0 Å². The van der Waals surface area contributed by atoms with E-state index in [2.05, 4.69) is 20.2 Å². The minimum atomic E-state index is -0.382. The van der Waals surface area contributed by atoms with Crippen LogP contribution in [0.1, 0.15) is 35.7 Å². The van der Waals surface area contributed by atoms with E-state index < -0.39 is 0 Å². The minimum absolute atomic E-state index is 0.271. The van der Waals surface area contributed by atoms with E-state index in [9.17, 15) is 9.90 Å². The molecule has 3 heterocycles. The Balaban J connectivity index is 1.59. The summed E-state index contributed by atoms with van der Waals surface area (Å²) in [7, 11) is 0. The van der Waals surface area contributed by atoms with Gasteiger partial charge in [0.05, 0.1) is 6.61 Å². The van der Waals surface area contributed by atoms with Gasteiger partial charge in [-0.15, -0.1) is 0 Å². The van der Waals surface area contributed by atoms with Crippen molar-refractivity contribution in [1.29, 1.82) is 0 Å². The maximum Gasteiger partial charge on any atom is 0.341 e. The van der Waals surface area contributed by atoms with E-state index in [1.165, 1.54) is 0 Å². The molecular weight excluding hydrogens is 344 g/mol. The summed E-state index contributed by atoms with van der Waals surface area (Å²) in [5.41, 5.74) is 1.43. The van der Waals surface area contributed by atoms with Crippen molar-refractivity contribution in [3.05, 3.63) is 47.8 Å². The number of hydrogen-bond acceptors (Lipinski definition) is 7. The van der Waals surface area contributed by atoms with Gasteiger partial charge in [0.2, 0.25) is 0 Å². The van der Waals surface area contributed by atoms with Crippen molar-refractivity contribution in [2.75, 3.05) is 36.5 Å². The average Bonchev–Trinajstić information content (AvgIpc) is 2.73. The van der Waals surface area contributed by atoms with Crippen LogP contribution >= 0.6 is 0 Å². The van der Waals surface area contributed by atoms with Gasteiger partial charge in [-0.05, 0) is 49.4 Å². The van der Waals surface area contributed by atoms with Crippen LogP contribution in [0.4, 0.5) is 11.6 Å². The van der Waals surface area contributed by atoms with Gasteiger partial charge in [-0.25, -0.2) is 14.8 Å². The smallest absolute Gasteiger partial charge is 0.341 e. The number of aliphatic hydroxyl groups is 1. The summed E-state index contributed by atoms with van der Waals surface area (Å²) < 4.78 is 5.07. The number of ether oxygens (including phenoxy) is 1. The zero-order chi connectivity index (χ0) is 19.1. The fourth-order valence-corrected chi connectivity index (χ4v) is 3.16. The predicted molar refractivity (Wildman–Crippen MR) is 104 cm³/mol. The topological polar surface area (TPSA) is 87.6 Å². The first-order valence-electron chi connectivity index (χ1n) is 9.38. The molecular formula is C20H26N4O3. The lowest BCUT2D eigenvalue weighted by molar-refractivity contribution is 0.0527. The Morgan fingerprint density at radius 3 is 2.78 bits per heavy atom. The van der Waals surface area contributed by atoms with Gasteiger partial charge in [0.25, 0.3) is 0 Å². The largest absolute Gasteiger partial charge is 0.462 e. The summed E-state index contributed by atoms with van der Waals surface area (Å²) in [6.45, 7) is 4.74. The molecule has 1 saturated heterocycles. The van der Waals surface area contributed by atoms with Crippen LogP contribution in [-0.4, -0.2) is 47.3 Å². The van der Waals surface area contributed by atoms with Crippen LogP contribution in [-0.2, 0) is 11.3 Å². The molecule has 7 heteroatoms. The zero-order valence-electron chi connectivity index (χ0n) is 15.6. The Kier molecular flexibility index (Phi) is 6.59. The maximum absolute atomic E-state index is 12.0. The van der Waals surface area contributed by atoms with Crippen molar-refractivity contribution < 1.29 is 14.6 Å². The van der Waals surface area contributed by atoms with Crippen LogP contribution in [0.2, 0.25) is 0 Å². The summed E-state index contributed by atoms with van der Waals surface area (Å²) in [6.07, 6.45) is 5.48. The third kappa shape index (κ3) is 4.95. The van der Waals surface area contributed by atoms with Crippen molar-refractivity contribution in [2.24, 2.45) is 5.92 Å². The number of nitrogens with zero attached hydrogens (tertiary/aromatic N) is 3. The standard InChI is InChI=1S/C20H26N4O3/c1-2-27-20(26)17-4-3-9-21-19(17)23-13-16-5-6-18(22-12-16)24-10-7-15(14-25)8-11-24/h3-6,9,12,15,25H,2,7-8,10-11,13-14H2,1H3,(H,21,23). The van der Waals surface area contributed by atoms with Crippen LogP contribution < -0.4 is 10.2 Å². The van der Waals surface area contributed by atoms with Crippen LogP contribution in [0, 0.1) is 5.92 Å². The molecule has 2 aromatic rings. The van der Waals surface area contributed by atoms with Crippen molar-refractivity contribution >= 4 is 17.6 Å². The molecule has 0 spiro atoms. The average molecular weight is 370 g/mol. The first kappa shape index (κ1) is 19.1. The number of carbonyl (C=O) groups excluding carboxylic acids is 1. The van der Waals surface area contributed by atoms with E-state index in [4.69, 9.17) is 4.74 Å². The Morgan fingerprint density at radius 1 is 1.30 bits per heavy atom. The first-order chi connectivity index (χ1) is 13.2. The summed E-state index contributed by atoms with van der Waals surface area (Å²) in [5.74, 6) is 1.50. The molecule has 3 rings (SSSR count). The van der Waals surface area contributed by atoms with Gasteiger partial charge in [0.1, 0.15) is 17.2 Å². The number of esters is 1. The molecule has 1 aliphatic rings. The number of aromatic nitrogens is 2. The lowest BCUT2D eigenvalue weighted by Crippen LogP contribution is -2.35. The second kappa shape index (κ2) is 9.32. The van der Waals surface area contributed by atoms with Gasteiger partial charge in [-0.2, -0.15) is 0 Å². The second-order valence-corrected chi connectivity index (χ2v) is 6.61. The number of anilines is 2. The summed E-state index contributed by atoms with van der Waals surface area (Å²) in [4.78, 5) is 23.1. The van der Waals surface area contributed by atoms with Gasteiger partial charge in [-0.1, -0.05) is 6.07 Å². The number of rotatable bonds is 7. The van der Waals surface area contributed by atoms with Gasteiger partial charge in [0, 0.05) is 38.6 Å². The lowest BCUT2D eigenvalue weighted by atomic mass is 9.98. The molecule has 1 aliphatic heterocycles. The predicted octanol–water partition coefficient (Wildman–Crippen LogP) is 2.47.